The van der Waals surface area contributed by atoms with Gasteiger partial charge < -0.3 is 4.57 Å². The molecule has 0 fully saturated rings. The van der Waals surface area contributed by atoms with Gasteiger partial charge in [0.2, 0.25) is 0 Å². The summed E-state index contributed by atoms with van der Waals surface area (Å²) in [7, 11) is 0. The lowest BCUT2D eigenvalue weighted by Crippen LogP contribution is -2.39. The summed E-state index contributed by atoms with van der Waals surface area (Å²) >= 11 is 1.84. The van der Waals surface area contributed by atoms with E-state index in [0.29, 0.717) is 0 Å². The van der Waals surface area contributed by atoms with Crippen molar-refractivity contribution in [1.29, 1.82) is 0 Å². The zero-order valence-electron chi connectivity index (χ0n) is 12.0. The Morgan fingerprint density at radius 2 is 2.20 bits per heavy atom. The van der Waals surface area contributed by atoms with Crippen molar-refractivity contribution in [3.63, 3.8) is 0 Å². The van der Waals surface area contributed by atoms with Gasteiger partial charge in [0, 0.05) is 42.0 Å². The third kappa shape index (κ3) is 3.85. The van der Waals surface area contributed by atoms with E-state index in [9.17, 15) is 0 Å². The normalized spacial score (nSPS) is 12.6. The lowest BCUT2D eigenvalue weighted by Gasteiger charge is -2.16. The second kappa shape index (κ2) is 7.47. The van der Waals surface area contributed by atoms with E-state index in [2.05, 4.69) is 53.1 Å². The highest BCUT2D eigenvalue weighted by atomic mass is 32.2. The Morgan fingerprint density at radius 3 is 2.90 bits per heavy atom. The fourth-order valence-corrected chi connectivity index (χ4v) is 3.18. The number of nitrogens with two attached hydrogens (primary N) is 1. The van der Waals surface area contributed by atoms with Crippen molar-refractivity contribution in [2.75, 3.05) is 5.75 Å². The van der Waals surface area contributed by atoms with Crippen molar-refractivity contribution in [1.82, 2.24) is 15.0 Å². The first kappa shape index (κ1) is 15.1. The molecule has 0 aliphatic carbocycles. The molecule has 0 aliphatic rings. The zero-order valence-corrected chi connectivity index (χ0v) is 12.9. The van der Waals surface area contributed by atoms with Crippen LogP contribution in [-0.2, 0) is 13.0 Å². The van der Waals surface area contributed by atoms with Crippen molar-refractivity contribution >= 4 is 11.8 Å². The van der Waals surface area contributed by atoms with E-state index >= 15 is 0 Å². The highest BCUT2D eigenvalue weighted by Gasteiger charge is 2.12. The Hall–Kier alpha value is -1.30. The van der Waals surface area contributed by atoms with Crippen LogP contribution in [0.2, 0.25) is 0 Å². The first-order chi connectivity index (χ1) is 9.74. The van der Waals surface area contributed by atoms with Crippen LogP contribution in [0, 0.1) is 6.92 Å². The van der Waals surface area contributed by atoms with Crippen LogP contribution in [0.1, 0.15) is 18.3 Å². The molecule has 0 bridgehead atoms. The summed E-state index contributed by atoms with van der Waals surface area (Å²) in [6.45, 7) is 5.20. The van der Waals surface area contributed by atoms with Crippen LogP contribution >= 0.6 is 11.8 Å². The van der Waals surface area contributed by atoms with Gasteiger partial charge in [0.15, 0.2) is 0 Å². The molecule has 5 heteroatoms. The number of rotatable bonds is 7. The van der Waals surface area contributed by atoms with Crippen molar-refractivity contribution in [3.8, 4) is 0 Å². The van der Waals surface area contributed by atoms with Gasteiger partial charge in [-0.25, -0.2) is 4.98 Å². The van der Waals surface area contributed by atoms with Crippen LogP contribution in [-0.4, -0.2) is 21.3 Å². The number of aryl methyl sites for hydroxylation is 2. The Bertz CT molecular complexity index is 538. The Labute approximate surface area is 124 Å². The molecule has 1 aromatic heterocycles. The fraction of sp³-hybridized carbons (Fsp3) is 0.400. The summed E-state index contributed by atoms with van der Waals surface area (Å²) in [5.74, 6) is 7.70. The highest BCUT2D eigenvalue weighted by molar-refractivity contribution is 7.99. The van der Waals surface area contributed by atoms with Gasteiger partial charge >= 0.3 is 0 Å². The fourth-order valence-electron chi connectivity index (χ4n) is 2.11. The van der Waals surface area contributed by atoms with Crippen molar-refractivity contribution in [2.45, 2.75) is 37.8 Å². The number of hydrogen-bond acceptors (Lipinski definition) is 4. The standard InChI is InChI=1S/C15H22N4S/c1-3-19-9-8-17-15(19)10-13(18-16)11-20-14-7-5-4-6-12(14)2/h4-9,13,18H,3,10-11,16H2,1-2H3. The topological polar surface area (TPSA) is 55.9 Å². The van der Waals surface area contributed by atoms with Crippen LogP contribution in [0.15, 0.2) is 41.6 Å². The van der Waals surface area contributed by atoms with E-state index in [4.69, 9.17) is 5.84 Å². The summed E-state index contributed by atoms with van der Waals surface area (Å²) in [5, 5.41) is 0. The molecular weight excluding hydrogens is 268 g/mol. The lowest BCUT2D eigenvalue weighted by atomic mass is 10.2. The lowest BCUT2D eigenvalue weighted by molar-refractivity contribution is 0.543. The van der Waals surface area contributed by atoms with Gasteiger partial charge in [0.25, 0.3) is 0 Å². The number of thioether (sulfide) groups is 1. The van der Waals surface area contributed by atoms with Crippen molar-refractivity contribution in [3.05, 3.63) is 48.0 Å². The first-order valence-electron chi connectivity index (χ1n) is 6.89. The predicted molar refractivity (Wildman–Crippen MR) is 84.6 cm³/mol. The molecule has 0 spiro atoms. The minimum atomic E-state index is 0.215. The smallest absolute Gasteiger partial charge is 0.110 e. The molecule has 2 aromatic rings. The summed E-state index contributed by atoms with van der Waals surface area (Å²) in [5.41, 5.74) is 4.22. The van der Waals surface area contributed by atoms with E-state index in [-0.39, 0.29) is 6.04 Å². The maximum Gasteiger partial charge on any atom is 0.110 e. The van der Waals surface area contributed by atoms with Crippen LogP contribution < -0.4 is 11.3 Å². The van der Waals surface area contributed by atoms with Crippen LogP contribution in [0.5, 0.6) is 0 Å². The number of hydrazine groups is 1. The number of hydrogen-bond donors (Lipinski definition) is 2. The molecule has 0 amide bonds. The SMILES string of the molecule is CCn1ccnc1CC(CSc1ccccc1C)NN. The van der Waals surface area contributed by atoms with Gasteiger partial charge in [-0.1, -0.05) is 18.2 Å². The van der Waals surface area contributed by atoms with Gasteiger partial charge in [-0.2, -0.15) is 0 Å². The number of nitrogens with one attached hydrogen (secondary N) is 1. The van der Waals surface area contributed by atoms with Gasteiger partial charge in [-0.3, -0.25) is 11.3 Å². The largest absolute Gasteiger partial charge is 0.335 e. The molecule has 2 rings (SSSR count). The number of aromatic nitrogens is 2. The van der Waals surface area contributed by atoms with E-state index in [1.54, 1.807) is 0 Å². The minimum Gasteiger partial charge on any atom is -0.335 e. The van der Waals surface area contributed by atoms with Crippen molar-refractivity contribution in [2.24, 2.45) is 5.84 Å². The van der Waals surface area contributed by atoms with E-state index < -0.39 is 0 Å². The van der Waals surface area contributed by atoms with E-state index in [0.717, 1.165) is 24.5 Å². The number of benzene rings is 1. The molecule has 20 heavy (non-hydrogen) atoms. The maximum atomic E-state index is 5.68. The molecule has 108 valence electrons. The van der Waals surface area contributed by atoms with Gasteiger partial charge in [-0.05, 0) is 25.5 Å². The first-order valence-corrected chi connectivity index (χ1v) is 7.87. The third-order valence-corrected chi connectivity index (χ3v) is 4.68. The van der Waals surface area contributed by atoms with Gasteiger partial charge in [-0.15, -0.1) is 11.8 Å². The maximum absolute atomic E-state index is 5.68. The molecule has 3 N–H and O–H groups in total. The van der Waals surface area contributed by atoms with Gasteiger partial charge in [0.05, 0.1) is 0 Å². The minimum absolute atomic E-state index is 0.215. The quantitative estimate of drug-likeness (QED) is 0.467. The molecule has 1 heterocycles. The monoisotopic (exact) mass is 290 g/mol. The average molecular weight is 290 g/mol. The molecule has 0 saturated carbocycles. The molecule has 0 saturated heterocycles. The molecule has 1 atom stereocenters. The Morgan fingerprint density at radius 1 is 1.40 bits per heavy atom. The summed E-state index contributed by atoms with van der Waals surface area (Å²) < 4.78 is 2.16. The third-order valence-electron chi connectivity index (χ3n) is 3.34. The van der Waals surface area contributed by atoms with Gasteiger partial charge in [0.1, 0.15) is 5.82 Å². The van der Waals surface area contributed by atoms with Crippen LogP contribution in [0.25, 0.3) is 0 Å². The number of nitrogens with zero attached hydrogens (tertiary/aromatic N) is 2. The van der Waals surface area contributed by atoms with Crippen molar-refractivity contribution < 1.29 is 0 Å². The Kier molecular flexibility index (Phi) is 5.64. The van der Waals surface area contributed by atoms with Crippen LogP contribution in [0.3, 0.4) is 0 Å². The summed E-state index contributed by atoms with van der Waals surface area (Å²) in [4.78, 5) is 5.72. The number of imidazole rings is 1. The summed E-state index contributed by atoms with van der Waals surface area (Å²) in [6, 6.07) is 8.64. The molecule has 0 aliphatic heterocycles. The molecule has 4 nitrogen and oxygen atoms in total. The molecule has 1 aromatic carbocycles. The van der Waals surface area contributed by atoms with E-state index in [1.165, 1.54) is 10.5 Å². The predicted octanol–water partition coefficient (Wildman–Crippen LogP) is 2.38. The zero-order chi connectivity index (χ0) is 14.4. The van der Waals surface area contributed by atoms with Crippen LogP contribution in [0.4, 0.5) is 0 Å². The second-order valence-corrected chi connectivity index (χ2v) is 5.84. The highest BCUT2D eigenvalue weighted by Crippen LogP contribution is 2.23. The average Bonchev–Trinajstić information content (AvgIpc) is 2.92. The molecular formula is C15H22N4S. The molecule has 0 radical (unpaired) electrons. The molecule has 1 unspecified atom stereocenters. The second-order valence-electron chi connectivity index (χ2n) is 4.77. The van der Waals surface area contributed by atoms with E-state index in [1.807, 2.05) is 24.2 Å². The Balaban J connectivity index is 1.94. The summed E-state index contributed by atoms with van der Waals surface area (Å²) in [6.07, 6.45) is 4.70.